The van der Waals surface area contributed by atoms with Gasteiger partial charge >= 0.3 is 0 Å². The number of para-hydroxylation sites is 1. The number of nitro groups is 1. The molecule has 0 saturated carbocycles. The third-order valence-electron chi connectivity index (χ3n) is 4.54. The van der Waals surface area contributed by atoms with Gasteiger partial charge in [0, 0.05) is 43.4 Å². The zero-order valence-corrected chi connectivity index (χ0v) is 14.5. The fourth-order valence-electron chi connectivity index (χ4n) is 3.05. The lowest BCUT2D eigenvalue weighted by atomic mass is 10.1. The summed E-state index contributed by atoms with van der Waals surface area (Å²) >= 11 is 0. The normalized spacial score (nSPS) is 14.1. The summed E-state index contributed by atoms with van der Waals surface area (Å²) < 4.78 is 13.0. The van der Waals surface area contributed by atoms with E-state index in [2.05, 4.69) is 0 Å². The molecule has 1 aliphatic heterocycles. The highest BCUT2D eigenvalue weighted by atomic mass is 19.1. The van der Waals surface area contributed by atoms with Gasteiger partial charge in [-0.2, -0.15) is 0 Å². The number of hydrogen-bond donors (Lipinski definition) is 0. The monoisotopic (exact) mass is 371 g/mol. The fraction of sp³-hybridized carbons (Fsp3) is 0.263. The molecule has 1 saturated heterocycles. The van der Waals surface area contributed by atoms with Crippen molar-refractivity contribution in [2.45, 2.75) is 6.42 Å². The highest BCUT2D eigenvalue weighted by Crippen LogP contribution is 2.19. The highest BCUT2D eigenvalue weighted by Gasteiger charge is 2.26. The van der Waals surface area contributed by atoms with E-state index in [1.165, 1.54) is 30.3 Å². The molecule has 0 N–H and O–H groups in total. The second-order valence-corrected chi connectivity index (χ2v) is 6.24. The molecule has 8 heteroatoms. The topological polar surface area (TPSA) is 83.8 Å². The smallest absolute Gasteiger partial charge is 0.273 e. The number of benzene rings is 2. The van der Waals surface area contributed by atoms with Gasteiger partial charge in [-0.05, 0) is 24.3 Å². The summed E-state index contributed by atoms with van der Waals surface area (Å²) in [6, 6.07) is 11.5. The van der Waals surface area contributed by atoms with Crippen LogP contribution in [-0.4, -0.2) is 52.7 Å². The fourth-order valence-corrected chi connectivity index (χ4v) is 3.05. The molecule has 1 aliphatic rings. The van der Waals surface area contributed by atoms with Gasteiger partial charge in [-0.25, -0.2) is 4.39 Å². The third-order valence-corrected chi connectivity index (χ3v) is 4.54. The molecule has 2 amide bonds. The lowest BCUT2D eigenvalue weighted by Gasteiger charge is -2.35. The SMILES string of the molecule is O=C(Cc1ccccc1[N+](=O)[O-])N1CCN(C(=O)c2ccc(F)cc2)CC1. The molecule has 7 nitrogen and oxygen atoms in total. The van der Waals surface area contributed by atoms with Crippen LogP contribution in [0.25, 0.3) is 0 Å². The lowest BCUT2D eigenvalue weighted by molar-refractivity contribution is -0.385. The molecule has 0 radical (unpaired) electrons. The summed E-state index contributed by atoms with van der Waals surface area (Å²) in [5, 5.41) is 11.1. The van der Waals surface area contributed by atoms with E-state index < -0.39 is 10.7 Å². The van der Waals surface area contributed by atoms with Crippen molar-refractivity contribution >= 4 is 17.5 Å². The predicted octanol–water partition coefficient (Wildman–Crippen LogP) is 2.26. The Morgan fingerprint density at radius 2 is 1.56 bits per heavy atom. The van der Waals surface area contributed by atoms with Gasteiger partial charge in [-0.15, -0.1) is 0 Å². The molecule has 0 atom stereocenters. The van der Waals surface area contributed by atoms with Gasteiger partial charge in [0.25, 0.3) is 11.6 Å². The summed E-state index contributed by atoms with van der Waals surface area (Å²) in [5.74, 6) is -0.823. The average molecular weight is 371 g/mol. The summed E-state index contributed by atoms with van der Waals surface area (Å²) in [4.78, 5) is 38.7. The van der Waals surface area contributed by atoms with E-state index in [1.807, 2.05) is 0 Å². The van der Waals surface area contributed by atoms with Crippen molar-refractivity contribution in [1.82, 2.24) is 9.80 Å². The standard InChI is InChI=1S/C19H18FN3O4/c20-16-7-5-14(6-8-16)19(25)22-11-9-21(10-12-22)18(24)13-15-3-1-2-4-17(15)23(26)27/h1-8H,9-13H2. The minimum absolute atomic E-state index is 0.0525. The number of carbonyl (C=O) groups is 2. The van der Waals surface area contributed by atoms with E-state index in [1.54, 1.807) is 28.0 Å². The molecule has 0 bridgehead atoms. The molecule has 0 unspecified atom stereocenters. The van der Waals surface area contributed by atoms with Crippen molar-refractivity contribution < 1.29 is 18.9 Å². The molecule has 0 aliphatic carbocycles. The number of hydrogen-bond acceptors (Lipinski definition) is 4. The van der Waals surface area contributed by atoms with E-state index in [0.717, 1.165) is 0 Å². The molecular formula is C19H18FN3O4. The summed E-state index contributed by atoms with van der Waals surface area (Å²) in [5.41, 5.74) is 0.698. The average Bonchev–Trinajstić information content (AvgIpc) is 2.68. The Labute approximate surface area is 155 Å². The van der Waals surface area contributed by atoms with Gasteiger partial charge in [-0.3, -0.25) is 19.7 Å². The molecule has 27 heavy (non-hydrogen) atoms. The van der Waals surface area contributed by atoms with Crippen LogP contribution in [0.2, 0.25) is 0 Å². The molecule has 3 rings (SSSR count). The van der Waals surface area contributed by atoms with E-state index in [0.29, 0.717) is 37.3 Å². The second kappa shape index (κ2) is 7.94. The van der Waals surface area contributed by atoms with Crippen LogP contribution < -0.4 is 0 Å². The third kappa shape index (κ3) is 4.28. The Hall–Kier alpha value is -3.29. The number of piperazine rings is 1. The quantitative estimate of drug-likeness (QED) is 0.610. The Morgan fingerprint density at radius 3 is 2.19 bits per heavy atom. The van der Waals surface area contributed by atoms with Crippen molar-refractivity contribution in [3.8, 4) is 0 Å². The van der Waals surface area contributed by atoms with Gasteiger partial charge in [0.1, 0.15) is 5.82 Å². The first-order chi connectivity index (χ1) is 13.0. The predicted molar refractivity (Wildman–Crippen MR) is 95.7 cm³/mol. The number of rotatable bonds is 4. The molecule has 1 heterocycles. The number of amides is 2. The van der Waals surface area contributed by atoms with Gasteiger partial charge in [-0.1, -0.05) is 18.2 Å². The van der Waals surface area contributed by atoms with Gasteiger partial charge in [0.05, 0.1) is 11.3 Å². The Balaban J connectivity index is 1.59. The zero-order chi connectivity index (χ0) is 19.4. The van der Waals surface area contributed by atoms with Gasteiger partial charge in [0.15, 0.2) is 0 Å². The first-order valence-corrected chi connectivity index (χ1v) is 8.50. The zero-order valence-electron chi connectivity index (χ0n) is 14.5. The maximum atomic E-state index is 13.0. The van der Waals surface area contributed by atoms with Gasteiger partial charge in [0.2, 0.25) is 5.91 Å². The van der Waals surface area contributed by atoms with E-state index in [9.17, 15) is 24.1 Å². The molecule has 140 valence electrons. The molecule has 0 aromatic heterocycles. The van der Waals surface area contributed by atoms with E-state index in [-0.39, 0.29) is 23.9 Å². The van der Waals surface area contributed by atoms with Crippen LogP contribution in [0.4, 0.5) is 10.1 Å². The van der Waals surface area contributed by atoms with Crippen molar-refractivity contribution in [3.05, 3.63) is 75.6 Å². The first-order valence-electron chi connectivity index (χ1n) is 8.50. The van der Waals surface area contributed by atoms with Crippen molar-refractivity contribution in [2.75, 3.05) is 26.2 Å². The van der Waals surface area contributed by atoms with Crippen LogP contribution in [0.15, 0.2) is 48.5 Å². The van der Waals surface area contributed by atoms with E-state index >= 15 is 0 Å². The van der Waals surface area contributed by atoms with Crippen LogP contribution in [0.3, 0.4) is 0 Å². The summed E-state index contributed by atoms with van der Waals surface area (Å²) in [6.45, 7) is 1.43. The lowest BCUT2D eigenvalue weighted by Crippen LogP contribution is -2.51. The molecule has 2 aromatic carbocycles. The summed E-state index contributed by atoms with van der Waals surface area (Å²) in [7, 11) is 0. The van der Waals surface area contributed by atoms with Crippen LogP contribution in [0.1, 0.15) is 15.9 Å². The largest absolute Gasteiger partial charge is 0.339 e. The highest BCUT2D eigenvalue weighted by molar-refractivity contribution is 5.94. The number of nitro benzene ring substituents is 1. The van der Waals surface area contributed by atoms with Crippen LogP contribution in [0.5, 0.6) is 0 Å². The Morgan fingerprint density at radius 1 is 0.963 bits per heavy atom. The van der Waals surface area contributed by atoms with Crippen molar-refractivity contribution in [2.24, 2.45) is 0 Å². The van der Waals surface area contributed by atoms with Crippen LogP contribution >= 0.6 is 0 Å². The van der Waals surface area contributed by atoms with Crippen LogP contribution in [0, 0.1) is 15.9 Å². The number of halogens is 1. The molecule has 1 fully saturated rings. The summed E-state index contributed by atoms with van der Waals surface area (Å²) in [6.07, 6.45) is -0.0525. The first kappa shape index (κ1) is 18.5. The van der Waals surface area contributed by atoms with Crippen molar-refractivity contribution in [1.29, 1.82) is 0 Å². The molecule has 2 aromatic rings. The van der Waals surface area contributed by atoms with Gasteiger partial charge < -0.3 is 9.80 Å². The van der Waals surface area contributed by atoms with Crippen molar-refractivity contribution in [3.63, 3.8) is 0 Å². The Kier molecular flexibility index (Phi) is 5.44. The molecular weight excluding hydrogens is 353 g/mol. The minimum Gasteiger partial charge on any atom is -0.339 e. The maximum Gasteiger partial charge on any atom is 0.273 e. The second-order valence-electron chi connectivity index (χ2n) is 6.24. The molecule has 0 spiro atoms. The van der Waals surface area contributed by atoms with Crippen LogP contribution in [-0.2, 0) is 11.2 Å². The minimum atomic E-state index is -0.498. The number of carbonyl (C=O) groups excluding carboxylic acids is 2. The number of nitrogens with zero attached hydrogens (tertiary/aromatic N) is 3. The maximum absolute atomic E-state index is 13.0. The van der Waals surface area contributed by atoms with E-state index in [4.69, 9.17) is 0 Å². The Bertz CT molecular complexity index is 862.